The molecule has 0 aliphatic heterocycles. The molecule has 0 saturated heterocycles. The first-order valence-electron chi connectivity index (χ1n) is 10.9. The fraction of sp³-hybridized carbons (Fsp3) is 0.103. The van der Waals surface area contributed by atoms with Gasteiger partial charge in [0.15, 0.2) is 0 Å². The zero-order valence-corrected chi connectivity index (χ0v) is 17.5. The van der Waals surface area contributed by atoms with Crippen LogP contribution in [0.15, 0.2) is 109 Å². The molecule has 2 heteroatoms. The number of para-hydroxylation sites is 1. The molecule has 2 N–H and O–H groups in total. The first-order chi connectivity index (χ1) is 15.3. The van der Waals surface area contributed by atoms with E-state index in [9.17, 15) is 0 Å². The Morgan fingerprint density at radius 2 is 1.26 bits per heavy atom. The predicted molar refractivity (Wildman–Crippen MR) is 128 cm³/mol. The SMILES string of the molecule is C[C@H](NC1(c2ccccc2)c2ccccc2-c2ccccc21)c1cc2ccccc2[nH]1. The van der Waals surface area contributed by atoms with E-state index in [0.717, 1.165) is 0 Å². The molecule has 0 amide bonds. The molecule has 0 unspecified atom stereocenters. The molecule has 0 bridgehead atoms. The topological polar surface area (TPSA) is 27.8 Å². The van der Waals surface area contributed by atoms with Crippen LogP contribution in [0, 0.1) is 0 Å². The van der Waals surface area contributed by atoms with Crippen LogP contribution in [0.2, 0.25) is 0 Å². The van der Waals surface area contributed by atoms with Gasteiger partial charge in [0.2, 0.25) is 0 Å². The maximum absolute atomic E-state index is 4.07. The van der Waals surface area contributed by atoms with Crippen molar-refractivity contribution < 1.29 is 0 Å². The Morgan fingerprint density at radius 1 is 0.677 bits per heavy atom. The lowest BCUT2D eigenvalue weighted by atomic mass is 9.80. The highest BCUT2D eigenvalue weighted by molar-refractivity contribution is 5.83. The quantitative estimate of drug-likeness (QED) is 0.341. The van der Waals surface area contributed by atoms with Crippen molar-refractivity contribution in [1.82, 2.24) is 10.3 Å². The zero-order chi connectivity index (χ0) is 20.8. The molecule has 2 nitrogen and oxygen atoms in total. The van der Waals surface area contributed by atoms with Gasteiger partial charge in [0.1, 0.15) is 0 Å². The van der Waals surface area contributed by atoms with Crippen LogP contribution in [0.25, 0.3) is 22.0 Å². The molecule has 0 spiro atoms. The molecule has 4 aromatic carbocycles. The molecule has 1 aliphatic carbocycles. The second kappa shape index (κ2) is 6.97. The van der Waals surface area contributed by atoms with Crippen LogP contribution in [0.1, 0.15) is 35.3 Å². The van der Waals surface area contributed by atoms with E-state index < -0.39 is 5.54 Å². The number of fused-ring (bicyclic) bond motifs is 4. The molecule has 0 saturated carbocycles. The zero-order valence-electron chi connectivity index (χ0n) is 17.5. The Balaban J connectivity index is 1.57. The average Bonchev–Trinajstić information content (AvgIpc) is 3.39. The second-order valence-corrected chi connectivity index (χ2v) is 8.39. The molecule has 0 fully saturated rings. The van der Waals surface area contributed by atoms with Crippen molar-refractivity contribution in [2.24, 2.45) is 0 Å². The van der Waals surface area contributed by atoms with E-state index in [0.29, 0.717) is 0 Å². The summed E-state index contributed by atoms with van der Waals surface area (Å²) in [5, 5.41) is 5.31. The van der Waals surface area contributed by atoms with E-state index in [1.807, 2.05) is 0 Å². The number of aromatic nitrogens is 1. The van der Waals surface area contributed by atoms with Crippen LogP contribution in [-0.4, -0.2) is 4.98 Å². The maximum Gasteiger partial charge on any atom is 0.0965 e. The third kappa shape index (κ3) is 2.69. The van der Waals surface area contributed by atoms with Crippen molar-refractivity contribution in [2.45, 2.75) is 18.5 Å². The maximum atomic E-state index is 4.07. The van der Waals surface area contributed by atoms with Crippen LogP contribution in [0.3, 0.4) is 0 Å². The molecule has 1 atom stereocenters. The van der Waals surface area contributed by atoms with Gasteiger partial charge in [-0.25, -0.2) is 0 Å². The lowest BCUT2D eigenvalue weighted by Crippen LogP contribution is -2.44. The largest absolute Gasteiger partial charge is 0.357 e. The van der Waals surface area contributed by atoms with Crippen LogP contribution in [-0.2, 0) is 5.54 Å². The lowest BCUT2D eigenvalue weighted by molar-refractivity contribution is 0.418. The number of rotatable bonds is 4. The third-order valence-corrected chi connectivity index (χ3v) is 6.61. The first-order valence-corrected chi connectivity index (χ1v) is 10.9. The summed E-state index contributed by atoms with van der Waals surface area (Å²) in [5.74, 6) is 0. The molecular formula is C29H24N2. The van der Waals surface area contributed by atoms with Gasteiger partial charge in [-0.05, 0) is 52.3 Å². The van der Waals surface area contributed by atoms with Gasteiger partial charge in [-0.1, -0.05) is 97.1 Å². The van der Waals surface area contributed by atoms with Gasteiger partial charge >= 0.3 is 0 Å². The molecule has 1 heterocycles. The average molecular weight is 401 g/mol. The van der Waals surface area contributed by atoms with Crippen LogP contribution in [0.5, 0.6) is 0 Å². The summed E-state index contributed by atoms with van der Waals surface area (Å²) in [6, 6.07) is 39.3. The summed E-state index contributed by atoms with van der Waals surface area (Å²) in [6.45, 7) is 2.25. The van der Waals surface area contributed by atoms with E-state index in [4.69, 9.17) is 0 Å². The molecule has 5 aromatic rings. The van der Waals surface area contributed by atoms with Gasteiger partial charge in [-0.15, -0.1) is 0 Å². The van der Waals surface area contributed by atoms with Gasteiger partial charge in [-0.2, -0.15) is 0 Å². The summed E-state index contributed by atoms with van der Waals surface area (Å²) in [5.41, 5.74) is 8.44. The summed E-state index contributed by atoms with van der Waals surface area (Å²) < 4.78 is 0. The van der Waals surface area contributed by atoms with E-state index in [2.05, 4.69) is 126 Å². The smallest absolute Gasteiger partial charge is 0.0965 e. The van der Waals surface area contributed by atoms with Gasteiger partial charge < -0.3 is 4.98 Å². The second-order valence-electron chi connectivity index (χ2n) is 8.39. The number of H-pyrrole nitrogens is 1. The molecular weight excluding hydrogens is 376 g/mol. The van der Waals surface area contributed by atoms with Crippen molar-refractivity contribution in [2.75, 3.05) is 0 Å². The van der Waals surface area contributed by atoms with E-state index in [1.165, 1.54) is 44.4 Å². The van der Waals surface area contributed by atoms with Gasteiger partial charge in [0, 0.05) is 17.3 Å². The number of benzene rings is 4. The number of nitrogens with one attached hydrogen (secondary N) is 2. The molecule has 1 aliphatic rings. The molecule has 1 aromatic heterocycles. The lowest BCUT2D eigenvalue weighted by Gasteiger charge is -2.36. The minimum Gasteiger partial charge on any atom is -0.357 e. The minimum absolute atomic E-state index is 0.117. The summed E-state index contributed by atoms with van der Waals surface area (Å²) >= 11 is 0. The highest BCUT2D eigenvalue weighted by Gasteiger charge is 2.45. The normalized spacial score (nSPS) is 14.9. The molecule has 0 radical (unpaired) electrons. The predicted octanol–water partition coefficient (Wildman–Crippen LogP) is 6.79. The van der Waals surface area contributed by atoms with E-state index >= 15 is 0 Å². The molecule has 150 valence electrons. The highest BCUT2D eigenvalue weighted by Crippen LogP contribution is 2.51. The fourth-order valence-corrected chi connectivity index (χ4v) is 5.20. The van der Waals surface area contributed by atoms with E-state index in [1.54, 1.807) is 0 Å². The van der Waals surface area contributed by atoms with Crippen molar-refractivity contribution in [3.05, 3.63) is 132 Å². The van der Waals surface area contributed by atoms with Crippen LogP contribution < -0.4 is 5.32 Å². The Bertz CT molecular complexity index is 1300. The van der Waals surface area contributed by atoms with Crippen molar-refractivity contribution >= 4 is 10.9 Å². The monoisotopic (exact) mass is 400 g/mol. The molecule has 6 rings (SSSR count). The van der Waals surface area contributed by atoms with Crippen molar-refractivity contribution in [3.8, 4) is 11.1 Å². The highest BCUT2D eigenvalue weighted by atomic mass is 15.0. The summed E-state index contributed by atoms with van der Waals surface area (Å²) in [6.07, 6.45) is 0. The molecule has 31 heavy (non-hydrogen) atoms. The van der Waals surface area contributed by atoms with Crippen molar-refractivity contribution in [1.29, 1.82) is 0 Å². The van der Waals surface area contributed by atoms with Crippen LogP contribution >= 0.6 is 0 Å². The minimum atomic E-state index is -0.412. The van der Waals surface area contributed by atoms with Crippen LogP contribution in [0.4, 0.5) is 0 Å². The number of hydrogen-bond acceptors (Lipinski definition) is 1. The summed E-state index contributed by atoms with van der Waals surface area (Å²) in [4.78, 5) is 3.62. The Hall–Kier alpha value is -3.62. The van der Waals surface area contributed by atoms with Gasteiger partial charge in [0.25, 0.3) is 0 Å². The number of hydrogen-bond donors (Lipinski definition) is 2. The Labute approximate surface area is 182 Å². The Morgan fingerprint density at radius 3 is 1.94 bits per heavy atom. The first kappa shape index (κ1) is 18.2. The van der Waals surface area contributed by atoms with Crippen molar-refractivity contribution in [3.63, 3.8) is 0 Å². The standard InChI is InChI=1S/C29H24N2/c1-20(28-19-21-11-5-10-18-27(21)30-28)31-29(22-12-3-2-4-13-22)25-16-8-6-14-23(25)24-15-7-9-17-26(24)29/h2-20,30-31H,1H3/t20-/m0/s1. The van der Waals surface area contributed by atoms with Gasteiger partial charge in [0.05, 0.1) is 5.54 Å². The number of aromatic amines is 1. The van der Waals surface area contributed by atoms with E-state index in [-0.39, 0.29) is 6.04 Å². The fourth-order valence-electron chi connectivity index (χ4n) is 5.20. The summed E-state index contributed by atoms with van der Waals surface area (Å²) in [7, 11) is 0. The third-order valence-electron chi connectivity index (χ3n) is 6.61. The Kier molecular flexibility index (Phi) is 4.09. The van der Waals surface area contributed by atoms with Gasteiger partial charge in [-0.3, -0.25) is 5.32 Å².